The lowest BCUT2D eigenvalue weighted by atomic mass is 9.90. The molecule has 0 aliphatic carbocycles. The summed E-state index contributed by atoms with van der Waals surface area (Å²) in [7, 11) is 0. The van der Waals surface area contributed by atoms with Gasteiger partial charge in [-0.2, -0.15) is 12.6 Å². The zero-order chi connectivity index (χ0) is 14.8. The molecule has 0 aromatic carbocycles. The van der Waals surface area contributed by atoms with Crippen LogP contribution in [0.1, 0.15) is 31.4 Å². The molecule has 2 rings (SSSR count). The van der Waals surface area contributed by atoms with Crippen molar-refractivity contribution in [2.75, 3.05) is 13.1 Å². The standard InChI is InChI=1S/C14H21N3O2S/c1-14(15,13(19)17-8-2-3-9-17)12(20)11(18)10-4-6-16-7-5-10/h4-7,11-12,18,20H,2-3,8-9,15H2,1H3/t11-,12?,14-/m1/s1. The Morgan fingerprint density at radius 3 is 2.55 bits per heavy atom. The molecule has 1 amide bonds. The van der Waals surface area contributed by atoms with E-state index in [0.29, 0.717) is 5.56 Å². The predicted octanol–water partition coefficient (Wildman–Crippen LogP) is 0.753. The number of likely N-dealkylation sites (tertiary alicyclic amines) is 1. The van der Waals surface area contributed by atoms with E-state index in [9.17, 15) is 9.90 Å². The first-order valence-corrected chi connectivity index (χ1v) is 7.30. The largest absolute Gasteiger partial charge is 0.387 e. The van der Waals surface area contributed by atoms with E-state index in [1.807, 2.05) is 0 Å². The molecule has 3 atom stereocenters. The molecule has 110 valence electrons. The Labute approximate surface area is 124 Å². The number of aliphatic hydroxyl groups is 1. The molecule has 5 nitrogen and oxygen atoms in total. The molecule has 0 saturated carbocycles. The van der Waals surface area contributed by atoms with E-state index in [-0.39, 0.29) is 5.91 Å². The second kappa shape index (κ2) is 6.11. The number of thiol groups is 1. The summed E-state index contributed by atoms with van der Waals surface area (Å²) < 4.78 is 0. The van der Waals surface area contributed by atoms with Crippen molar-refractivity contribution in [3.8, 4) is 0 Å². The van der Waals surface area contributed by atoms with Gasteiger partial charge in [0, 0.05) is 25.5 Å². The maximum atomic E-state index is 12.5. The highest BCUT2D eigenvalue weighted by Crippen LogP contribution is 2.29. The van der Waals surface area contributed by atoms with Gasteiger partial charge >= 0.3 is 0 Å². The van der Waals surface area contributed by atoms with Gasteiger partial charge in [0.25, 0.3) is 0 Å². The van der Waals surface area contributed by atoms with Gasteiger partial charge < -0.3 is 15.7 Å². The number of pyridine rings is 1. The molecule has 0 bridgehead atoms. The maximum Gasteiger partial charge on any atom is 0.243 e. The fourth-order valence-corrected chi connectivity index (χ4v) is 2.74. The van der Waals surface area contributed by atoms with E-state index < -0.39 is 16.9 Å². The molecule has 1 aromatic heterocycles. The van der Waals surface area contributed by atoms with Crippen LogP contribution in [0.15, 0.2) is 24.5 Å². The van der Waals surface area contributed by atoms with Crippen molar-refractivity contribution in [2.45, 2.75) is 36.7 Å². The molecule has 1 fully saturated rings. The molecule has 1 aliphatic heterocycles. The van der Waals surface area contributed by atoms with Crippen LogP contribution in [0.25, 0.3) is 0 Å². The van der Waals surface area contributed by atoms with Crippen molar-refractivity contribution in [1.29, 1.82) is 0 Å². The first-order chi connectivity index (χ1) is 9.44. The van der Waals surface area contributed by atoms with Gasteiger partial charge in [0.2, 0.25) is 5.91 Å². The second-order valence-corrected chi connectivity index (χ2v) is 6.01. The van der Waals surface area contributed by atoms with Gasteiger partial charge in [-0.05, 0) is 37.5 Å². The first kappa shape index (κ1) is 15.3. The van der Waals surface area contributed by atoms with Crippen molar-refractivity contribution < 1.29 is 9.90 Å². The minimum Gasteiger partial charge on any atom is -0.387 e. The van der Waals surface area contributed by atoms with Crippen LogP contribution in [0.2, 0.25) is 0 Å². The Kier molecular flexibility index (Phi) is 4.67. The summed E-state index contributed by atoms with van der Waals surface area (Å²) in [4.78, 5) is 18.1. The van der Waals surface area contributed by atoms with E-state index in [4.69, 9.17) is 5.73 Å². The number of aromatic nitrogens is 1. The Morgan fingerprint density at radius 2 is 2.00 bits per heavy atom. The average molecular weight is 295 g/mol. The van der Waals surface area contributed by atoms with Crippen LogP contribution in [-0.4, -0.2) is 44.8 Å². The number of amides is 1. The van der Waals surface area contributed by atoms with Gasteiger partial charge in [-0.3, -0.25) is 9.78 Å². The molecule has 6 heteroatoms. The molecule has 1 aliphatic rings. The smallest absolute Gasteiger partial charge is 0.243 e. The highest BCUT2D eigenvalue weighted by atomic mass is 32.1. The molecular weight excluding hydrogens is 274 g/mol. The number of rotatable bonds is 4. The summed E-state index contributed by atoms with van der Waals surface area (Å²) in [6.45, 7) is 3.10. The van der Waals surface area contributed by atoms with Crippen LogP contribution in [0.5, 0.6) is 0 Å². The zero-order valence-corrected chi connectivity index (χ0v) is 12.5. The highest BCUT2D eigenvalue weighted by molar-refractivity contribution is 7.81. The molecule has 1 saturated heterocycles. The maximum absolute atomic E-state index is 12.5. The van der Waals surface area contributed by atoms with Crippen LogP contribution in [0, 0.1) is 0 Å². The molecular formula is C14H21N3O2S. The van der Waals surface area contributed by atoms with Crippen molar-refractivity contribution >= 4 is 18.5 Å². The molecule has 1 unspecified atom stereocenters. The van der Waals surface area contributed by atoms with E-state index in [2.05, 4.69) is 17.6 Å². The normalized spacial score (nSPS) is 21.3. The summed E-state index contributed by atoms with van der Waals surface area (Å²) in [6, 6.07) is 3.40. The number of carbonyl (C=O) groups is 1. The van der Waals surface area contributed by atoms with Crippen molar-refractivity contribution in [1.82, 2.24) is 9.88 Å². The molecule has 1 aromatic rings. The van der Waals surface area contributed by atoms with Crippen molar-refractivity contribution in [2.24, 2.45) is 5.73 Å². The van der Waals surface area contributed by atoms with E-state index in [1.165, 1.54) is 0 Å². The third-order valence-corrected chi connectivity index (χ3v) is 4.63. The molecule has 0 spiro atoms. The Morgan fingerprint density at radius 1 is 1.45 bits per heavy atom. The Balaban J connectivity index is 2.13. The fraction of sp³-hybridized carbons (Fsp3) is 0.571. The lowest BCUT2D eigenvalue weighted by Crippen LogP contribution is -2.59. The van der Waals surface area contributed by atoms with Crippen molar-refractivity contribution in [3.05, 3.63) is 30.1 Å². The van der Waals surface area contributed by atoms with Gasteiger partial charge in [0.15, 0.2) is 0 Å². The lowest BCUT2D eigenvalue weighted by molar-refractivity contribution is -0.136. The summed E-state index contributed by atoms with van der Waals surface area (Å²) in [5.74, 6) is -0.150. The lowest BCUT2D eigenvalue weighted by Gasteiger charge is -2.35. The zero-order valence-electron chi connectivity index (χ0n) is 11.6. The third kappa shape index (κ3) is 2.97. The predicted molar refractivity (Wildman–Crippen MR) is 80.4 cm³/mol. The summed E-state index contributed by atoms with van der Waals surface area (Å²) in [6.07, 6.45) is 4.28. The quantitative estimate of drug-likeness (QED) is 0.716. The van der Waals surface area contributed by atoms with Gasteiger partial charge in [-0.1, -0.05) is 0 Å². The summed E-state index contributed by atoms with van der Waals surface area (Å²) >= 11 is 4.41. The second-order valence-electron chi connectivity index (χ2n) is 5.45. The molecule has 3 N–H and O–H groups in total. The Bertz CT molecular complexity index is 461. The monoisotopic (exact) mass is 295 g/mol. The highest BCUT2D eigenvalue weighted by Gasteiger charge is 2.42. The van der Waals surface area contributed by atoms with Crippen LogP contribution < -0.4 is 5.73 Å². The minimum atomic E-state index is -1.21. The van der Waals surface area contributed by atoms with Gasteiger partial charge in [-0.25, -0.2) is 0 Å². The number of carbonyl (C=O) groups excluding carboxylic acids is 1. The van der Waals surface area contributed by atoms with E-state index in [1.54, 1.807) is 36.4 Å². The molecule has 2 heterocycles. The van der Waals surface area contributed by atoms with Crippen LogP contribution >= 0.6 is 12.6 Å². The van der Waals surface area contributed by atoms with Gasteiger partial charge in [-0.15, -0.1) is 0 Å². The van der Waals surface area contributed by atoms with Crippen LogP contribution in [-0.2, 0) is 4.79 Å². The van der Waals surface area contributed by atoms with E-state index >= 15 is 0 Å². The topological polar surface area (TPSA) is 79.5 Å². The number of hydrogen-bond acceptors (Lipinski definition) is 5. The minimum absolute atomic E-state index is 0.150. The molecule has 20 heavy (non-hydrogen) atoms. The van der Waals surface area contributed by atoms with Gasteiger partial charge in [0.05, 0.1) is 11.4 Å². The SMILES string of the molecule is C[C@](N)(C(=O)N1CCCC1)C(S)[C@H](O)c1ccncc1. The summed E-state index contributed by atoms with van der Waals surface area (Å²) in [5, 5.41) is 9.68. The first-order valence-electron chi connectivity index (χ1n) is 6.79. The third-order valence-electron chi connectivity index (χ3n) is 3.82. The van der Waals surface area contributed by atoms with Crippen LogP contribution in [0.4, 0.5) is 0 Å². The fourth-order valence-electron chi connectivity index (χ4n) is 2.46. The number of hydrogen-bond donors (Lipinski definition) is 3. The Hall–Kier alpha value is -1.11. The number of aliphatic hydroxyl groups excluding tert-OH is 1. The number of nitrogens with two attached hydrogens (primary N) is 1. The van der Waals surface area contributed by atoms with Crippen LogP contribution in [0.3, 0.4) is 0 Å². The van der Waals surface area contributed by atoms with Crippen molar-refractivity contribution in [3.63, 3.8) is 0 Å². The summed E-state index contributed by atoms with van der Waals surface area (Å²) in [5.41, 5.74) is 5.62. The molecule has 0 radical (unpaired) electrons. The van der Waals surface area contributed by atoms with E-state index in [0.717, 1.165) is 25.9 Å². The average Bonchev–Trinajstić information content (AvgIpc) is 2.99. The van der Waals surface area contributed by atoms with Gasteiger partial charge in [0.1, 0.15) is 5.54 Å². The number of nitrogens with zero attached hydrogens (tertiary/aromatic N) is 2.